The number of anilines is 3. The Hall–Kier alpha value is -3.24. The van der Waals surface area contributed by atoms with Crippen LogP contribution < -0.4 is 20.3 Å². The molecular weight excluding hydrogens is 501 g/mol. The van der Waals surface area contributed by atoms with Crippen LogP contribution in [0.1, 0.15) is 11.1 Å². The second-order valence-corrected chi connectivity index (χ2v) is 8.91. The number of rotatable bonds is 10. The molecule has 1 aliphatic heterocycles. The summed E-state index contributed by atoms with van der Waals surface area (Å²) in [4.78, 5) is 28.5. The fourth-order valence-electron chi connectivity index (χ4n) is 3.65. The van der Waals surface area contributed by atoms with Crippen LogP contribution in [0.3, 0.4) is 0 Å². The summed E-state index contributed by atoms with van der Waals surface area (Å²) in [6.07, 6.45) is 7.47. The predicted molar refractivity (Wildman–Crippen MR) is 144 cm³/mol. The van der Waals surface area contributed by atoms with Crippen molar-refractivity contribution in [3.8, 4) is 5.75 Å². The Balaban J connectivity index is 1.46. The summed E-state index contributed by atoms with van der Waals surface area (Å²) in [5, 5.41) is 7.46. The molecule has 0 aliphatic carbocycles. The van der Waals surface area contributed by atoms with E-state index in [4.69, 9.17) is 27.9 Å². The number of pyridine rings is 1. The normalized spacial score (nSPS) is 14.1. The van der Waals surface area contributed by atoms with Crippen LogP contribution in [0.25, 0.3) is 12.2 Å². The Morgan fingerprint density at radius 2 is 1.94 bits per heavy atom. The molecule has 0 atom stereocenters. The van der Waals surface area contributed by atoms with E-state index in [0.29, 0.717) is 51.6 Å². The van der Waals surface area contributed by atoms with Crippen molar-refractivity contribution < 1.29 is 9.53 Å². The van der Waals surface area contributed by atoms with Gasteiger partial charge in [-0.25, -0.2) is 9.97 Å². The molecule has 2 aromatic heterocycles. The van der Waals surface area contributed by atoms with E-state index in [1.54, 1.807) is 55.9 Å². The lowest BCUT2D eigenvalue weighted by molar-refractivity contribution is -0.107. The van der Waals surface area contributed by atoms with Crippen LogP contribution in [0, 0.1) is 0 Å². The number of hydrogen-bond acceptors (Lipinski definition) is 8. The van der Waals surface area contributed by atoms with Gasteiger partial charge in [-0.1, -0.05) is 35.3 Å². The van der Waals surface area contributed by atoms with Crippen LogP contribution in [0.4, 0.5) is 17.6 Å². The molecule has 0 radical (unpaired) electrons. The van der Waals surface area contributed by atoms with E-state index in [0.717, 1.165) is 32.7 Å². The van der Waals surface area contributed by atoms with Crippen molar-refractivity contribution >= 4 is 59.3 Å². The van der Waals surface area contributed by atoms with Gasteiger partial charge in [0.05, 0.1) is 0 Å². The molecule has 9 nitrogen and oxygen atoms in total. The first-order valence-corrected chi connectivity index (χ1v) is 12.3. The third-order valence-corrected chi connectivity index (χ3v) is 6.23. The molecule has 1 aromatic carbocycles. The maximum atomic E-state index is 11.5. The van der Waals surface area contributed by atoms with E-state index in [-0.39, 0.29) is 5.95 Å². The van der Waals surface area contributed by atoms with Gasteiger partial charge in [-0.2, -0.15) is 4.98 Å². The van der Waals surface area contributed by atoms with Crippen molar-refractivity contribution in [1.82, 2.24) is 25.2 Å². The largest absolute Gasteiger partial charge is 0.492 e. The van der Waals surface area contributed by atoms with E-state index in [9.17, 15) is 4.79 Å². The molecule has 0 saturated carbocycles. The third kappa shape index (κ3) is 6.92. The Morgan fingerprint density at radius 3 is 2.69 bits per heavy atom. The Kier molecular flexibility index (Phi) is 9.07. The summed E-state index contributed by atoms with van der Waals surface area (Å²) in [6, 6.07) is 8.88. The highest BCUT2D eigenvalue weighted by Crippen LogP contribution is 2.28. The zero-order valence-electron chi connectivity index (χ0n) is 19.8. The lowest BCUT2D eigenvalue weighted by atomic mass is 10.1. The molecule has 1 amide bonds. The molecule has 1 aliphatic rings. The van der Waals surface area contributed by atoms with Crippen LogP contribution in [-0.2, 0) is 4.79 Å². The fraction of sp³-hybridized carbons (Fsp3) is 0.280. The quantitative estimate of drug-likeness (QED) is 0.382. The average molecular weight is 528 g/mol. The number of benzene rings is 1. The molecule has 0 bridgehead atoms. The maximum absolute atomic E-state index is 11.5. The van der Waals surface area contributed by atoms with Crippen molar-refractivity contribution in [2.45, 2.75) is 0 Å². The zero-order valence-corrected chi connectivity index (χ0v) is 21.3. The molecule has 1 saturated heterocycles. The number of carbonyl (C=O) groups excluding carboxylic acids is 1. The lowest BCUT2D eigenvalue weighted by Gasteiger charge is -2.26. The van der Waals surface area contributed by atoms with Crippen LogP contribution in [0.15, 0.2) is 42.7 Å². The van der Waals surface area contributed by atoms with Gasteiger partial charge in [0.15, 0.2) is 0 Å². The van der Waals surface area contributed by atoms with Gasteiger partial charge in [0.25, 0.3) is 0 Å². The smallest absolute Gasteiger partial charge is 0.230 e. The van der Waals surface area contributed by atoms with Gasteiger partial charge in [0, 0.05) is 79.4 Å². The van der Waals surface area contributed by atoms with Crippen LogP contribution in [0.2, 0.25) is 10.0 Å². The number of amides is 1. The molecule has 11 heteroatoms. The average Bonchev–Trinajstić information content (AvgIpc) is 2.89. The lowest BCUT2D eigenvalue weighted by Crippen LogP contribution is -2.44. The first-order chi connectivity index (χ1) is 17.5. The standard InChI is InChI=1S/C25H27Cl2N7O2/c1-33(17-35)24-18(5-6-20-21(26)3-2-4-22(20)27)16-30-25(32-24)31-23-15-19(7-8-29-23)36-14-13-34-11-9-28-10-12-34/h2-8,15-17,28H,9-14H2,1H3,(H,29,30,31,32)/b6-5+. The van der Waals surface area contributed by atoms with E-state index >= 15 is 0 Å². The van der Waals surface area contributed by atoms with Crippen molar-refractivity contribution in [3.05, 3.63) is 63.9 Å². The molecule has 1 fully saturated rings. The highest BCUT2D eigenvalue weighted by atomic mass is 35.5. The third-order valence-electron chi connectivity index (χ3n) is 5.57. The van der Waals surface area contributed by atoms with Crippen LogP contribution in [0.5, 0.6) is 5.75 Å². The first kappa shape index (κ1) is 25.8. The van der Waals surface area contributed by atoms with E-state index in [2.05, 4.69) is 30.5 Å². The molecule has 3 heterocycles. The van der Waals surface area contributed by atoms with Gasteiger partial charge in [-0.15, -0.1) is 0 Å². The molecule has 4 rings (SSSR count). The van der Waals surface area contributed by atoms with Gasteiger partial charge in [-0.05, 0) is 24.3 Å². The second-order valence-electron chi connectivity index (χ2n) is 8.10. The number of hydrogen-bond donors (Lipinski definition) is 2. The Labute approximate surface area is 220 Å². The van der Waals surface area contributed by atoms with Crippen LogP contribution in [-0.4, -0.2) is 72.6 Å². The van der Waals surface area contributed by atoms with Gasteiger partial charge in [0.2, 0.25) is 12.4 Å². The van der Waals surface area contributed by atoms with Gasteiger partial charge in [0.1, 0.15) is 24.0 Å². The maximum Gasteiger partial charge on any atom is 0.230 e. The minimum atomic E-state index is 0.289. The number of ether oxygens (including phenoxy) is 1. The van der Waals surface area contributed by atoms with Crippen molar-refractivity contribution in [2.75, 3.05) is 56.6 Å². The summed E-state index contributed by atoms with van der Waals surface area (Å²) < 4.78 is 5.91. The highest BCUT2D eigenvalue weighted by Gasteiger charge is 2.12. The molecule has 0 spiro atoms. The van der Waals surface area contributed by atoms with Gasteiger partial charge < -0.3 is 20.3 Å². The van der Waals surface area contributed by atoms with Crippen molar-refractivity contribution in [2.24, 2.45) is 0 Å². The topological polar surface area (TPSA) is 95.5 Å². The number of halogens is 2. The molecule has 188 valence electrons. The molecule has 36 heavy (non-hydrogen) atoms. The summed E-state index contributed by atoms with van der Waals surface area (Å²) in [7, 11) is 1.62. The summed E-state index contributed by atoms with van der Waals surface area (Å²) >= 11 is 12.5. The van der Waals surface area contributed by atoms with Gasteiger partial charge >= 0.3 is 0 Å². The number of carbonyl (C=O) groups is 1. The van der Waals surface area contributed by atoms with Crippen LogP contribution >= 0.6 is 23.2 Å². The Morgan fingerprint density at radius 1 is 1.17 bits per heavy atom. The van der Waals surface area contributed by atoms with E-state index in [1.807, 2.05) is 6.07 Å². The molecule has 2 N–H and O–H groups in total. The monoisotopic (exact) mass is 527 g/mol. The number of piperazine rings is 1. The SMILES string of the molecule is CN(C=O)c1nc(Nc2cc(OCCN3CCNCC3)ccn2)ncc1/C=C/c1c(Cl)cccc1Cl. The zero-order chi connectivity index (χ0) is 25.3. The van der Waals surface area contributed by atoms with Gasteiger partial charge in [-0.3, -0.25) is 9.69 Å². The minimum Gasteiger partial charge on any atom is -0.492 e. The van der Waals surface area contributed by atoms with Crippen molar-refractivity contribution in [1.29, 1.82) is 0 Å². The minimum absolute atomic E-state index is 0.289. The molecule has 0 unspecified atom stereocenters. The van der Waals surface area contributed by atoms with E-state index in [1.165, 1.54) is 4.90 Å². The first-order valence-electron chi connectivity index (χ1n) is 11.5. The summed E-state index contributed by atoms with van der Waals surface area (Å²) in [5.74, 6) is 1.92. The number of nitrogens with zero attached hydrogens (tertiary/aromatic N) is 5. The summed E-state index contributed by atoms with van der Waals surface area (Å²) in [5.41, 5.74) is 1.28. The number of aromatic nitrogens is 3. The second kappa shape index (κ2) is 12.6. The summed E-state index contributed by atoms with van der Waals surface area (Å²) in [6.45, 7) is 5.52. The molecular formula is C25H27Cl2N7O2. The van der Waals surface area contributed by atoms with Crippen molar-refractivity contribution in [3.63, 3.8) is 0 Å². The Bertz CT molecular complexity index is 1200. The predicted octanol–water partition coefficient (Wildman–Crippen LogP) is 3.97. The molecule has 3 aromatic rings. The highest BCUT2D eigenvalue weighted by molar-refractivity contribution is 6.37. The number of nitrogens with one attached hydrogen (secondary N) is 2. The fourth-order valence-corrected chi connectivity index (χ4v) is 4.17. The van der Waals surface area contributed by atoms with E-state index < -0.39 is 0 Å².